The van der Waals surface area contributed by atoms with E-state index in [2.05, 4.69) is 5.32 Å². The van der Waals surface area contributed by atoms with Gasteiger partial charge in [0.1, 0.15) is 0 Å². The highest BCUT2D eigenvalue weighted by molar-refractivity contribution is 6.30. The third kappa shape index (κ3) is 3.20. The van der Waals surface area contributed by atoms with Gasteiger partial charge in [-0.3, -0.25) is 4.79 Å². The maximum Gasteiger partial charge on any atom is 0.312 e. The molecule has 0 amide bonds. The summed E-state index contributed by atoms with van der Waals surface area (Å²) >= 11 is 5.88. The van der Waals surface area contributed by atoms with Crippen LogP contribution < -0.4 is 5.32 Å². The zero-order chi connectivity index (χ0) is 12.3. The molecule has 2 rings (SSSR count). The van der Waals surface area contributed by atoms with E-state index in [1.165, 1.54) is 6.42 Å². The largest absolute Gasteiger partial charge is 0.481 e. The fourth-order valence-electron chi connectivity index (χ4n) is 1.97. The standard InChI is InChI=1S/C13H16ClNO2/c14-10-4-1-3-9(7-10)12(13(16)17)8-15-11-5-2-6-11/h1,3-4,7,11-12,15H,2,5-6,8H2,(H,16,17). The van der Waals surface area contributed by atoms with Gasteiger partial charge in [0.25, 0.3) is 0 Å². The minimum atomic E-state index is -0.806. The van der Waals surface area contributed by atoms with E-state index in [-0.39, 0.29) is 0 Å². The van der Waals surface area contributed by atoms with Crippen LogP contribution in [0.15, 0.2) is 24.3 Å². The van der Waals surface area contributed by atoms with Gasteiger partial charge in [0.05, 0.1) is 5.92 Å². The summed E-state index contributed by atoms with van der Waals surface area (Å²) in [5.74, 6) is -1.33. The highest BCUT2D eigenvalue weighted by Gasteiger charge is 2.23. The van der Waals surface area contributed by atoms with Crippen LogP contribution in [0.2, 0.25) is 5.02 Å². The summed E-state index contributed by atoms with van der Waals surface area (Å²) in [5, 5.41) is 13.1. The van der Waals surface area contributed by atoms with Gasteiger partial charge in [-0.15, -0.1) is 0 Å². The zero-order valence-electron chi connectivity index (χ0n) is 9.53. The Morgan fingerprint density at radius 2 is 2.29 bits per heavy atom. The molecule has 4 heteroatoms. The third-order valence-electron chi connectivity index (χ3n) is 3.26. The molecule has 0 heterocycles. The molecule has 2 N–H and O–H groups in total. The summed E-state index contributed by atoms with van der Waals surface area (Å²) in [5.41, 5.74) is 0.761. The first-order valence-electron chi connectivity index (χ1n) is 5.88. The molecule has 0 saturated heterocycles. The normalized spacial score (nSPS) is 17.5. The lowest BCUT2D eigenvalue weighted by atomic mass is 9.91. The third-order valence-corrected chi connectivity index (χ3v) is 3.50. The second kappa shape index (κ2) is 5.52. The van der Waals surface area contributed by atoms with Crippen molar-refractivity contribution in [2.45, 2.75) is 31.2 Å². The van der Waals surface area contributed by atoms with Gasteiger partial charge >= 0.3 is 5.97 Å². The summed E-state index contributed by atoms with van der Waals surface area (Å²) in [6, 6.07) is 7.58. The zero-order valence-corrected chi connectivity index (χ0v) is 10.3. The maximum atomic E-state index is 11.2. The number of carboxylic acids is 1. The molecule has 3 nitrogen and oxygen atoms in total. The fourth-order valence-corrected chi connectivity index (χ4v) is 2.17. The van der Waals surface area contributed by atoms with E-state index in [0.29, 0.717) is 17.6 Å². The Kier molecular flexibility index (Phi) is 4.02. The van der Waals surface area contributed by atoms with Gasteiger partial charge in [0, 0.05) is 17.6 Å². The second-order valence-electron chi connectivity index (χ2n) is 4.48. The van der Waals surface area contributed by atoms with E-state index in [4.69, 9.17) is 11.6 Å². The molecule has 0 aliphatic heterocycles. The van der Waals surface area contributed by atoms with Gasteiger partial charge < -0.3 is 10.4 Å². The average molecular weight is 254 g/mol. The molecule has 17 heavy (non-hydrogen) atoms. The van der Waals surface area contributed by atoms with Gasteiger partial charge in [-0.25, -0.2) is 0 Å². The van der Waals surface area contributed by atoms with Crippen LogP contribution in [0.1, 0.15) is 30.7 Å². The van der Waals surface area contributed by atoms with Crippen molar-refractivity contribution in [3.8, 4) is 0 Å². The molecule has 1 aliphatic rings. The molecule has 1 fully saturated rings. The molecule has 92 valence electrons. The number of carbonyl (C=O) groups is 1. The maximum absolute atomic E-state index is 11.2. The van der Waals surface area contributed by atoms with Crippen molar-refractivity contribution in [2.24, 2.45) is 0 Å². The highest BCUT2D eigenvalue weighted by Crippen LogP contribution is 2.22. The number of hydrogen-bond acceptors (Lipinski definition) is 2. The molecule has 1 aliphatic carbocycles. The number of nitrogens with one attached hydrogen (secondary N) is 1. The lowest BCUT2D eigenvalue weighted by Gasteiger charge is -2.28. The number of carboxylic acid groups (broad SMARTS) is 1. The molecule has 1 aromatic rings. The van der Waals surface area contributed by atoms with E-state index in [9.17, 15) is 9.90 Å². The lowest BCUT2D eigenvalue weighted by molar-refractivity contribution is -0.138. The first-order chi connectivity index (χ1) is 8.16. The topological polar surface area (TPSA) is 49.3 Å². The second-order valence-corrected chi connectivity index (χ2v) is 4.92. The number of aliphatic carboxylic acids is 1. The number of rotatable bonds is 5. The molecule has 0 radical (unpaired) electrons. The van der Waals surface area contributed by atoms with Crippen molar-refractivity contribution < 1.29 is 9.90 Å². The van der Waals surface area contributed by atoms with Crippen LogP contribution in [0.5, 0.6) is 0 Å². The van der Waals surface area contributed by atoms with Crippen LogP contribution in [0.4, 0.5) is 0 Å². The van der Waals surface area contributed by atoms with Crippen molar-refractivity contribution in [3.05, 3.63) is 34.9 Å². The average Bonchev–Trinajstić information content (AvgIpc) is 2.21. The molecule has 1 atom stereocenters. The molecule has 0 spiro atoms. The van der Waals surface area contributed by atoms with Crippen molar-refractivity contribution in [3.63, 3.8) is 0 Å². The van der Waals surface area contributed by atoms with E-state index in [0.717, 1.165) is 18.4 Å². The van der Waals surface area contributed by atoms with E-state index in [1.807, 2.05) is 6.07 Å². The van der Waals surface area contributed by atoms with E-state index >= 15 is 0 Å². The quantitative estimate of drug-likeness (QED) is 0.848. The van der Waals surface area contributed by atoms with Crippen LogP contribution in [0, 0.1) is 0 Å². The minimum Gasteiger partial charge on any atom is -0.481 e. The lowest BCUT2D eigenvalue weighted by Crippen LogP contribution is -2.39. The molecular formula is C13H16ClNO2. The Bertz CT molecular complexity index is 404. The number of halogens is 1. The predicted octanol–water partition coefficient (Wildman–Crippen LogP) is 2.65. The Balaban J connectivity index is 2.02. The Morgan fingerprint density at radius 1 is 1.53 bits per heavy atom. The summed E-state index contributed by atoms with van der Waals surface area (Å²) in [6.45, 7) is 0.473. The Labute approximate surface area is 106 Å². The van der Waals surface area contributed by atoms with Crippen LogP contribution in [0.25, 0.3) is 0 Å². The summed E-state index contributed by atoms with van der Waals surface area (Å²) in [4.78, 5) is 11.2. The van der Waals surface area contributed by atoms with Crippen molar-refractivity contribution in [2.75, 3.05) is 6.54 Å². The molecule has 1 saturated carbocycles. The van der Waals surface area contributed by atoms with Gasteiger partial charge in [-0.2, -0.15) is 0 Å². The molecule has 1 unspecified atom stereocenters. The summed E-state index contributed by atoms with van der Waals surface area (Å²) < 4.78 is 0. The molecular weight excluding hydrogens is 238 g/mol. The highest BCUT2D eigenvalue weighted by atomic mass is 35.5. The predicted molar refractivity (Wildman–Crippen MR) is 67.5 cm³/mol. The van der Waals surface area contributed by atoms with Crippen LogP contribution in [0.3, 0.4) is 0 Å². The van der Waals surface area contributed by atoms with Crippen LogP contribution >= 0.6 is 11.6 Å². The SMILES string of the molecule is O=C(O)C(CNC1CCC1)c1cccc(Cl)c1. The number of benzene rings is 1. The molecule has 1 aromatic carbocycles. The Hall–Kier alpha value is -1.06. The summed E-state index contributed by atoms with van der Waals surface area (Å²) in [7, 11) is 0. The van der Waals surface area contributed by atoms with Gasteiger partial charge in [0.2, 0.25) is 0 Å². The van der Waals surface area contributed by atoms with E-state index in [1.54, 1.807) is 18.2 Å². The van der Waals surface area contributed by atoms with Gasteiger partial charge in [0.15, 0.2) is 0 Å². The number of hydrogen-bond donors (Lipinski definition) is 2. The smallest absolute Gasteiger partial charge is 0.312 e. The van der Waals surface area contributed by atoms with Crippen molar-refractivity contribution in [1.29, 1.82) is 0 Å². The first-order valence-corrected chi connectivity index (χ1v) is 6.26. The van der Waals surface area contributed by atoms with Crippen LogP contribution in [-0.4, -0.2) is 23.7 Å². The molecule has 0 aromatic heterocycles. The minimum absolute atomic E-state index is 0.473. The molecule has 0 bridgehead atoms. The van der Waals surface area contributed by atoms with E-state index < -0.39 is 11.9 Å². The monoisotopic (exact) mass is 253 g/mol. The van der Waals surface area contributed by atoms with Crippen molar-refractivity contribution >= 4 is 17.6 Å². The van der Waals surface area contributed by atoms with Gasteiger partial charge in [-0.05, 0) is 30.5 Å². The van der Waals surface area contributed by atoms with Crippen molar-refractivity contribution in [1.82, 2.24) is 5.32 Å². The first kappa shape index (κ1) is 12.4. The Morgan fingerprint density at radius 3 is 2.82 bits per heavy atom. The van der Waals surface area contributed by atoms with Gasteiger partial charge in [-0.1, -0.05) is 30.2 Å². The van der Waals surface area contributed by atoms with Crippen LogP contribution in [-0.2, 0) is 4.79 Å². The fraction of sp³-hybridized carbons (Fsp3) is 0.462. The summed E-state index contributed by atoms with van der Waals surface area (Å²) in [6.07, 6.45) is 3.55.